The van der Waals surface area contributed by atoms with Gasteiger partial charge in [0.1, 0.15) is 0 Å². The number of piperazine rings is 1. The van der Waals surface area contributed by atoms with Gasteiger partial charge in [-0.1, -0.05) is 30.3 Å². The van der Waals surface area contributed by atoms with Gasteiger partial charge in [-0.25, -0.2) is 0 Å². The van der Waals surface area contributed by atoms with Crippen LogP contribution in [0.1, 0.15) is 12.5 Å². The minimum absolute atomic E-state index is 0.229. The molecular formula is C13H20N2O. The molecule has 0 radical (unpaired) electrons. The number of nitrogens with zero attached hydrogens (tertiary/aromatic N) is 1. The third-order valence-corrected chi connectivity index (χ3v) is 3.17. The first-order valence-corrected chi connectivity index (χ1v) is 5.92. The number of aliphatic hydroxyl groups is 1. The molecule has 0 aliphatic carbocycles. The first-order valence-electron chi connectivity index (χ1n) is 5.92. The van der Waals surface area contributed by atoms with Crippen LogP contribution in [0, 0.1) is 0 Å². The van der Waals surface area contributed by atoms with Crippen molar-refractivity contribution in [1.82, 2.24) is 10.2 Å². The van der Waals surface area contributed by atoms with Gasteiger partial charge in [-0.3, -0.25) is 4.90 Å². The van der Waals surface area contributed by atoms with Gasteiger partial charge >= 0.3 is 0 Å². The average Bonchev–Trinajstić information content (AvgIpc) is 2.31. The number of hydrogen-bond acceptors (Lipinski definition) is 3. The maximum Gasteiger partial charge on any atom is 0.0599 e. The van der Waals surface area contributed by atoms with Crippen LogP contribution in [0.5, 0.6) is 0 Å². The normalized spacial score (nSPS) is 26.9. The monoisotopic (exact) mass is 220 g/mol. The predicted octanol–water partition coefficient (Wildman–Crippen LogP) is 0.841. The first-order chi connectivity index (χ1) is 7.79. The molecule has 1 aliphatic heterocycles. The van der Waals surface area contributed by atoms with Crippen molar-refractivity contribution in [3.63, 3.8) is 0 Å². The lowest BCUT2D eigenvalue weighted by atomic mass is 10.1. The Labute approximate surface area is 97.1 Å². The predicted molar refractivity (Wildman–Crippen MR) is 65.2 cm³/mol. The van der Waals surface area contributed by atoms with Crippen molar-refractivity contribution in [2.45, 2.75) is 25.6 Å². The number of aliphatic hydroxyl groups excluding tert-OH is 1. The molecule has 3 nitrogen and oxygen atoms in total. The quantitative estimate of drug-likeness (QED) is 0.792. The summed E-state index contributed by atoms with van der Waals surface area (Å²) in [5, 5.41) is 12.7. The van der Waals surface area contributed by atoms with Gasteiger partial charge in [0.2, 0.25) is 0 Å². The highest BCUT2D eigenvalue weighted by Gasteiger charge is 2.24. The van der Waals surface area contributed by atoms with Gasteiger partial charge in [-0.2, -0.15) is 0 Å². The second kappa shape index (κ2) is 5.43. The largest absolute Gasteiger partial charge is 0.395 e. The minimum Gasteiger partial charge on any atom is -0.395 e. The van der Waals surface area contributed by atoms with E-state index in [-0.39, 0.29) is 12.6 Å². The highest BCUT2D eigenvalue weighted by molar-refractivity contribution is 5.14. The van der Waals surface area contributed by atoms with Crippen molar-refractivity contribution in [3.05, 3.63) is 35.9 Å². The average molecular weight is 220 g/mol. The summed E-state index contributed by atoms with van der Waals surface area (Å²) in [6.07, 6.45) is 0. The van der Waals surface area contributed by atoms with E-state index in [4.69, 9.17) is 0 Å². The SMILES string of the molecule is CC1CN(Cc2ccccc2)[C@H](CO)CN1. The zero-order valence-electron chi connectivity index (χ0n) is 9.76. The van der Waals surface area contributed by atoms with Crippen LogP contribution in [0.3, 0.4) is 0 Å². The number of nitrogens with one attached hydrogen (secondary N) is 1. The fraction of sp³-hybridized carbons (Fsp3) is 0.538. The Bertz CT molecular complexity index is 315. The molecule has 1 aromatic carbocycles. The van der Waals surface area contributed by atoms with Gasteiger partial charge in [0, 0.05) is 31.7 Å². The van der Waals surface area contributed by atoms with E-state index in [9.17, 15) is 5.11 Å². The lowest BCUT2D eigenvalue weighted by Crippen LogP contribution is -2.56. The molecule has 1 aromatic rings. The molecule has 0 aromatic heterocycles. The molecule has 0 bridgehead atoms. The van der Waals surface area contributed by atoms with Gasteiger partial charge in [0.05, 0.1) is 6.61 Å². The van der Waals surface area contributed by atoms with Crippen molar-refractivity contribution in [2.24, 2.45) is 0 Å². The minimum atomic E-state index is 0.229. The Morgan fingerprint density at radius 2 is 2.12 bits per heavy atom. The molecule has 0 saturated carbocycles. The van der Waals surface area contributed by atoms with Crippen LogP contribution in [0.2, 0.25) is 0 Å². The van der Waals surface area contributed by atoms with Crippen molar-refractivity contribution in [1.29, 1.82) is 0 Å². The number of rotatable bonds is 3. The summed E-state index contributed by atoms with van der Waals surface area (Å²) in [6, 6.07) is 11.2. The molecule has 2 atom stereocenters. The summed E-state index contributed by atoms with van der Waals surface area (Å²) < 4.78 is 0. The fourth-order valence-electron chi connectivity index (χ4n) is 2.22. The van der Waals surface area contributed by atoms with Crippen LogP contribution < -0.4 is 5.32 Å². The van der Waals surface area contributed by atoms with Crippen LogP contribution >= 0.6 is 0 Å². The van der Waals surface area contributed by atoms with E-state index in [1.165, 1.54) is 5.56 Å². The molecule has 1 fully saturated rings. The molecule has 0 amide bonds. The Hall–Kier alpha value is -0.900. The summed E-state index contributed by atoms with van der Waals surface area (Å²) in [6.45, 7) is 5.22. The summed E-state index contributed by atoms with van der Waals surface area (Å²) >= 11 is 0. The second-order valence-corrected chi connectivity index (χ2v) is 4.56. The van der Waals surface area contributed by atoms with Crippen LogP contribution in [-0.4, -0.2) is 41.8 Å². The van der Waals surface area contributed by atoms with Crippen LogP contribution in [0.15, 0.2) is 30.3 Å². The summed E-state index contributed by atoms with van der Waals surface area (Å²) in [7, 11) is 0. The molecule has 1 aliphatic rings. The summed E-state index contributed by atoms with van der Waals surface area (Å²) in [5.41, 5.74) is 1.31. The van der Waals surface area contributed by atoms with Gasteiger partial charge in [-0.05, 0) is 12.5 Å². The summed E-state index contributed by atoms with van der Waals surface area (Å²) in [5.74, 6) is 0. The van der Waals surface area contributed by atoms with Crippen molar-refractivity contribution in [2.75, 3.05) is 19.7 Å². The molecule has 2 N–H and O–H groups in total. The van der Waals surface area contributed by atoms with Crippen LogP contribution in [-0.2, 0) is 6.54 Å². The van der Waals surface area contributed by atoms with E-state index in [0.29, 0.717) is 6.04 Å². The third kappa shape index (κ3) is 2.82. The smallest absolute Gasteiger partial charge is 0.0599 e. The zero-order valence-corrected chi connectivity index (χ0v) is 9.76. The molecule has 1 heterocycles. The summed E-state index contributed by atoms with van der Waals surface area (Å²) in [4.78, 5) is 2.36. The van der Waals surface area contributed by atoms with E-state index in [1.807, 2.05) is 6.07 Å². The van der Waals surface area contributed by atoms with Crippen molar-refractivity contribution < 1.29 is 5.11 Å². The van der Waals surface area contributed by atoms with Crippen LogP contribution in [0.4, 0.5) is 0 Å². The molecular weight excluding hydrogens is 200 g/mol. The van der Waals surface area contributed by atoms with Gasteiger partial charge in [0.15, 0.2) is 0 Å². The zero-order chi connectivity index (χ0) is 11.4. The lowest BCUT2D eigenvalue weighted by molar-refractivity contribution is 0.0781. The van der Waals surface area contributed by atoms with Crippen molar-refractivity contribution >= 4 is 0 Å². The van der Waals surface area contributed by atoms with Crippen LogP contribution in [0.25, 0.3) is 0 Å². The lowest BCUT2D eigenvalue weighted by Gasteiger charge is -2.38. The third-order valence-electron chi connectivity index (χ3n) is 3.17. The molecule has 0 spiro atoms. The number of hydrogen-bond donors (Lipinski definition) is 2. The standard InChI is InChI=1S/C13H20N2O/c1-11-8-15(13(10-16)7-14-11)9-12-5-3-2-4-6-12/h2-6,11,13-14,16H,7-10H2,1H3/t11?,13-/m0/s1. The molecule has 3 heteroatoms. The number of benzene rings is 1. The van der Waals surface area contributed by atoms with Gasteiger partial charge in [-0.15, -0.1) is 0 Å². The molecule has 88 valence electrons. The molecule has 2 rings (SSSR count). The topological polar surface area (TPSA) is 35.5 Å². The van der Waals surface area contributed by atoms with E-state index >= 15 is 0 Å². The van der Waals surface area contributed by atoms with Gasteiger partial charge in [0.25, 0.3) is 0 Å². The highest BCUT2D eigenvalue weighted by Crippen LogP contribution is 2.12. The fourth-order valence-corrected chi connectivity index (χ4v) is 2.22. The Morgan fingerprint density at radius 1 is 1.38 bits per heavy atom. The Morgan fingerprint density at radius 3 is 2.81 bits per heavy atom. The van der Waals surface area contributed by atoms with E-state index < -0.39 is 0 Å². The van der Waals surface area contributed by atoms with E-state index in [2.05, 4.69) is 41.4 Å². The van der Waals surface area contributed by atoms with Crippen molar-refractivity contribution in [3.8, 4) is 0 Å². The molecule has 16 heavy (non-hydrogen) atoms. The highest BCUT2D eigenvalue weighted by atomic mass is 16.3. The maximum absolute atomic E-state index is 9.34. The second-order valence-electron chi connectivity index (χ2n) is 4.56. The Balaban J connectivity index is 2.01. The molecule has 1 saturated heterocycles. The molecule has 1 unspecified atom stereocenters. The Kier molecular flexibility index (Phi) is 3.93. The van der Waals surface area contributed by atoms with E-state index in [1.54, 1.807) is 0 Å². The van der Waals surface area contributed by atoms with E-state index in [0.717, 1.165) is 19.6 Å². The first kappa shape index (κ1) is 11.6. The maximum atomic E-state index is 9.34. The van der Waals surface area contributed by atoms with Gasteiger partial charge < -0.3 is 10.4 Å².